The van der Waals surface area contributed by atoms with Crippen LogP contribution in [-0.4, -0.2) is 57.4 Å². The van der Waals surface area contributed by atoms with Crippen LogP contribution in [0.25, 0.3) is 0 Å². The first kappa shape index (κ1) is 28.2. The fourth-order valence-corrected chi connectivity index (χ4v) is 3.37. The number of nitrogens with zero attached hydrogens (tertiary/aromatic N) is 4. The maximum absolute atomic E-state index is 11.5. The van der Waals surface area contributed by atoms with Crippen molar-refractivity contribution >= 4 is 12.1 Å². The molecule has 1 aromatic heterocycles. The third-order valence-electron chi connectivity index (χ3n) is 5.71. The average molecular weight is 457 g/mol. The van der Waals surface area contributed by atoms with Crippen molar-refractivity contribution in [2.24, 2.45) is 7.05 Å². The highest BCUT2D eigenvalue weighted by Gasteiger charge is 2.19. The van der Waals surface area contributed by atoms with Crippen LogP contribution in [0.5, 0.6) is 0 Å². The zero-order valence-electron chi connectivity index (χ0n) is 22.1. The molecule has 0 aliphatic rings. The number of aryl methyl sites for hydroxylation is 1. The van der Waals surface area contributed by atoms with Gasteiger partial charge in [0.2, 0.25) is 6.41 Å². The van der Waals surface area contributed by atoms with Crippen molar-refractivity contribution in [3.05, 3.63) is 52.6 Å². The summed E-state index contributed by atoms with van der Waals surface area (Å²) in [7, 11) is 3.95. The lowest BCUT2D eigenvalue weighted by atomic mass is 9.99. The summed E-state index contributed by atoms with van der Waals surface area (Å²) < 4.78 is 1.80. The van der Waals surface area contributed by atoms with Gasteiger partial charge in [0.05, 0.1) is 6.20 Å². The predicted octanol–water partition coefficient (Wildman–Crippen LogP) is 4.64. The Labute approximate surface area is 200 Å². The maximum atomic E-state index is 11.5. The summed E-state index contributed by atoms with van der Waals surface area (Å²) in [6, 6.07) is 0. The Bertz CT molecular complexity index is 885. The topological polar surface area (TPSA) is 77.2 Å². The van der Waals surface area contributed by atoms with Gasteiger partial charge >= 0.3 is 0 Å². The Balaban J connectivity index is 3.21. The largest absolute Gasteiger partial charge is 0.381 e. The molecule has 0 aliphatic carbocycles. The highest BCUT2D eigenvalue weighted by atomic mass is 16.1. The number of hydrogen-bond acceptors (Lipinski definition) is 5. The molecule has 0 spiro atoms. The number of nitrogens with one attached hydrogen (secondary N) is 2. The molecule has 0 aliphatic heterocycles. The van der Waals surface area contributed by atoms with Gasteiger partial charge in [0.25, 0.3) is 0 Å². The van der Waals surface area contributed by atoms with E-state index in [2.05, 4.69) is 48.2 Å². The molecule has 0 unspecified atom stereocenters. The fraction of sp³-hybridized carbons (Fsp3) is 0.577. The maximum Gasteiger partial charge on any atom is 0.210 e. The molecule has 0 atom stereocenters. The Hall–Kier alpha value is -2.83. The van der Waals surface area contributed by atoms with Crippen molar-refractivity contribution in [2.45, 2.75) is 73.4 Å². The van der Waals surface area contributed by atoms with Gasteiger partial charge in [-0.15, -0.1) is 0 Å². The van der Waals surface area contributed by atoms with Gasteiger partial charge in [0.15, 0.2) is 0 Å². The van der Waals surface area contributed by atoms with E-state index in [9.17, 15) is 4.79 Å². The first-order valence-electron chi connectivity index (χ1n) is 11.7. The molecule has 33 heavy (non-hydrogen) atoms. The van der Waals surface area contributed by atoms with Gasteiger partial charge in [-0.05, 0) is 65.2 Å². The number of unbranched alkanes of at least 4 members (excludes halogenated alkanes) is 1. The van der Waals surface area contributed by atoms with E-state index < -0.39 is 0 Å². The molecular weight excluding hydrogens is 412 g/mol. The summed E-state index contributed by atoms with van der Waals surface area (Å²) in [5.41, 5.74) is 5.55. The molecular formula is C26H44N6O. The lowest BCUT2D eigenvalue weighted by Crippen LogP contribution is -2.44. The van der Waals surface area contributed by atoms with Gasteiger partial charge < -0.3 is 20.5 Å². The smallest absolute Gasteiger partial charge is 0.210 e. The highest BCUT2D eigenvalue weighted by molar-refractivity contribution is 5.99. The highest BCUT2D eigenvalue weighted by Crippen LogP contribution is 2.19. The molecule has 2 N–H and O–H groups in total. The van der Waals surface area contributed by atoms with Crippen LogP contribution in [0, 0.1) is 5.41 Å². The molecule has 1 aromatic rings. The normalized spacial score (nSPS) is 13.5. The van der Waals surface area contributed by atoms with Crippen LogP contribution in [0.3, 0.4) is 0 Å². The van der Waals surface area contributed by atoms with Gasteiger partial charge in [-0.25, -0.2) is 0 Å². The number of carbonyl (C=O) groups excluding carboxylic acids is 1. The summed E-state index contributed by atoms with van der Waals surface area (Å²) in [4.78, 5) is 15.5. The van der Waals surface area contributed by atoms with Crippen LogP contribution in [-0.2, 0) is 18.4 Å². The molecule has 1 amide bonds. The van der Waals surface area contributed by atoms with Crippen molar-refractivity contribution in [1.29, 1.82) is 5.41 Å². The van der Waals surface area contributed by atoms with Gasteiger partial charge in [0, 0.05) is 68.1 Å². The quantitative estimate of drug-likeness (QED) is 0.257. The number of hydrogen-bond donors (Lipinski definition) is 2. The zero-order chi connectivity index (χ0) is 25.2. The minimum Gasteiger partial charge on any atom is -0.381 e. The van der Waals surface area contributed by atoms with E-state index in [1.165, 1.54) is 0 Å². The number of carbonyl (C=O) groups is 1. The van der Waals surface area contributed by atoms with E-state index in [1.54, 1.807) is 4.68 Å². The second-order valence-corrected chi connectivity index (χ2v) is 9.62. The van der Waals surface area contributed by atoms with Crippen molar-refractivity contribution < 1.29 is 4.79 Å². The van der Waals surface area contributed by atoms with Gasteiger partial charge in [-0.3, -0.25) is 9.48 Å². The molecule has 7 heteroatoms. The van der Waals surface area contributed by atoms with Crippen molar-refractivity contribution in [2.75, 3.05) is 20.1 Å². The molecule has 184 valence electrons. The fourth-order valence-electron chi connectivity index (χ4n) is 3.37. The number of rotatable bonds is 13. The van der Waals surface area contributed by atoms with Crippen LogP contribution in [0.1, 0.15) is 66.9 Å². The number of amides is 1. The standard InChI is InChI=1S/C26H44N6O/c1-10-11-12-24(22(4)27)21(3)25(28-16-23-17-29-31(9)18-23)15-20(2)30(8)13-14-32(19-33)26(5,6)7/h12,15,17-19,27-28H,10-11,13-14,16H2,1-9H3/b20-15+,24-12-,25-21+,27-22?. The molecule has 0 saturated carbocycles. The molecule has 0 aromatic carbocycles. The molecule has 0 fully saturated rings. The number of aromatic nitrogens is 2. The summed E-state index contributed by atoms with van der Waals surface area (Å²) in [5.74, 6) is 0. The van der Waals surface area contributed by atoms with Crippen molar-refractivity contribution in [3.8, 4) is 0 Å². The first-order chi connectivity index (χ1) is 15.4. The van der Waals surface area contributed by atoms with E-state index in [0.29, 0.717) is 18.8 Å². The monoisotopic (exact) mass is 456 g/mol. The van der Waals surface area contributed by atoms with Crippen molar-refractivity contribution in [3.63, 3.8) is 0 Å². The Morgan fingerprint density at radius 3 is 2.39 bits per heavy atom. The second-order valence-electron chi connectivity index (χ2n) is 9.62. The van der Waals surface area contributed by atoms with Crippen molar-refractivity contribution in [1.82, 2.24) is 24.9 Å². The summed E-state index contributed by atoms with van der Waals surface area (Å²) in [5, 5.41) is 16.1. The Kier molecular flexibility index (Phi) is 11.1. The van der Waals surface area contributed by atoms with E-state index in [1.807, 2.05) is 59.1 Å². The summed E-state index contributed by atoms with van der Waals surface area (Å²) in [6.07, 6.45) is 11.1. The predicted molar refractivity (Wildman–Crippen MR) is 138 cm³/mol. The van der Waals surface area contributed by atoms with Gasteiger partial charge in [-0.2, -0.15) is 5.10 Å². The van der Waals surface area contributed by atoms with Crippen LogP contribution in [0.15, 0.2) is 47.1 Å². The summed E-state index contributed by atoms with van der Waals surface area (Å²) in [6.45, 7) is 16.3. The van der Waals surface area contributed by atoms with E-state index in [0.717, 1.165) is 53.9 Å². The first-order valence-corrected chi connectivity index (χ1v) is 11.7. The van der Waals surface area contributed by atoms with E-state index in [4.69, 9.17) is 5.41 Å². The van der Waals surface area contributed by atoms with Crippen LogP contribution < -0.4 is 5.32 Å². The lowest BCUT2D eigenvalue weighted by molar-refractivity contribution is -0.122. The van der Waals surface area contributed by atoms with Crippen LogP contribution in [0.4, 0.5) is 0 Å². The SMILES string of the molecule is CCC/C=C(C(C)=N)/C(C)=C(\C=C(/C)N(C)CCN(C=O)C(C)(C)C)NCc1cnn(C)c1. The number of allylic oxidation sites excluding steroid dienone is 5. The van der Waals surface area contributed by atoms with Crippen LogP contribution >= 0.6 is 0 Å². The molecule has 0 bridgehead atoms. The Morgan fingerprint density at radius 1 is 1.24 bits per heavy atom. The molecule has 1 rings (SSSR count). The van der Waals surface area contributed by atoms with Gasteiger partial charge in [0.1, 0.15) is 0 Å². The third-order valence-corrected chi connectivity index (χ3v) is 5.71. The van der Waals surface area contributed by atoms with E-state index in [-0.39, 0.29) is 5.54 Å². The lowest BCUT2D eigenvalue weighted by Gasteiger charge is -2.34. The minimum absolute atomic E-state index is 0.201. The van der Waals surface area contributed by atoms with E-state index >= 15 is 0 Å². The molecule has 0 saturated heterocycles. The molecule has 1 heterocycles. The second kappa shape index (κ2) is 13.0. The number of likely N-dealkylation sites (N-methyl/N-ethyl adjacent to an activating group) is 1. The van der Waals surface area contributed by atoms with Gasteiger partial charge in [-0.1, -0.05) is 19.4 Å². The minimum atomic E-state index is -0.201. The average Bonchev–Trinajstić information content (AvgIpc) is 3.15. The third kappa shape index (κ3) is 9.28. The zero-order valence-corrected chi connectivity index (χ0v) is 22.1. The molecule has 0 radical (unpaired) electrons. The Morgan fingerprint density at radius 2 is 1.91 bits per heavy atom. The summed E-state index contributed by atoms with van der Waals surface area (Å²) >= 11 is 0. The molecule has 7 nitrogen and oxygen atoms in total. The van der Waals surface area contributed by atoms with Crippen LogP contribution in [0.2, 0.25) is 0 Å².